The number of nitrogens with zero attached hydrogens (tertiary/aromatic N) is 3. The second kappa shape index (κ2) is 7.72. The van der Waals surface area contributed by atoms with E-state index < -0.39 is 0 Å². The Morgan fingerprint density at radius 3 is 2.33 bits per heavy atom. The Hall–Kier alpha value is -3.51. The van der Waals surface area contributed by atoms with Gasteiger partial charge < -0.3 is 14.8 Å². The van der Waals surface area contributed by atoms with Crippen LogP contribution in [0.1, 0.15) is 23.5 Å². The van der Waals surface area contributed by atoms with E-state index in [1.54, 1.807) is 18.3 Å². The Bertz CT molecular complexity index is 1160. The van der Waals surface area contributed by atoms with Crippen LogP contribution in [0, 0.1) is 5.82 Å². The van der Waals surface area contributed by atoms with Crippen LogP contribution in [0.2, 0.25) is 0 Å². The van der Waals surface area contributed by atoms with Gasteiger partial charge in [0.05, 0.1) is 11.7 Å². The zero-order valence-corrected chi connectivity index (χ0v) is 16.8. The molecule has 3 heterocycles. The monoisotopic (exact) mass is 414 g/mol. The van der Waals surface area contributed by atoms with E-state index in [2.05, 4.69) is 33.1 Å². The van der Waals surface area contributed by atoms with Crippen LogP contribution in [0.4, 0.5) is 10.1 Å². The standard InChI is InChI=1S/C24H19FN4S/c25-17-11-13-19(14-12-17)29-23(22(27-24(29)30)20-9-4-5-15-26-20)21-10-6-16-28(21)18-7-2-1-3-8-18/h1-16,22-23H,(H,27,30)/t22-,23+/m1/s1. The second-order valence-corrected chi connectivity index (χ2v) is 7.50. The number of hydrogen-bond donors (Lipinski definition) is 1. The van der Waals surface area contributed by atoms with E-state index in [4.69, 9.17) is 12.2 Å². The van der Waals surface area contributed by atoms with Gasteiger partial charge in [-0.05, 0) is 72.9 Å². The Morgan fingerprint density at radius 1 is 0.833 bits per heavy atom. The number of pyridine rings is 1. The molecule has 0 spiro atoms. The Morgan fingerprint density at radius 2 is 1.60 bits per heavy atom. The van der Waals surface area contributed by atoms with Crippen molar-refractivity contribution in [3.8, 4) is 5.69 Å². The summed E-state index contributed by atoms with van der Waals surface area (Å²) in [5.41, 5.74) is 3.86. The van der Waals surface area contributed by atoms with Crippen LogP contribution < -0.4 is 10.2 Å². The zero-order valence-electron chi connectivity index (χ0n) is 16.0. The molecular formula is C24H19FN4S. The molecule has 1 fully saturated rings. The smallest absolute Gasteiger partial charge is 0.174 e. The summed E-state index contributed by atoms with van der Waals surface area (Å²) in [4.78, 5) is 6.63. The molecule has 4 nitrogen and oxygen atoms in total. The van der Waals surface area contributed by atoms with Crippen molar-refractivity contribution in [1.82, 2.24) is 14.9 Å². The van der Waals surface area contributed by atoms with Gasteiger partial charge in [-0.15, -0.1) is 0 Å². The number of halogens is 1. The van der Waals surface area contributed by atoms with Crippen molar-refractivity contribution in [2.75, 3.05) is 4.90 Å². The van der Waals surface area contributed by atoms with E-state index in [0.717, 1.165) is 22.8 Å². The summed E-state index contributed by atoms with van der Waals surface area (Å²) in [5.74, 6) is -0.276. The van der Waals surface area contributed by atoms with Gasteiger partial charge in [-0.1, -0.05) is 24.3 Å². The van der Waals surface area contributed by atoms with Crippen LogP contribution >= 0.6 is 12.2 Å². The van der Waals surface area contributed by atoms with E-state index in [9.17, 15) is 4.39 Å². The molecule has 2 atom stereocenters. The van der Waals surface area contributed by atoms with Crippen LogP contribution in [0.5, 0.6) is 0 Å². The van der Waals surface area contributed by atoms with Gasteiger partial charge in [-0.3, -0.25) is 4.98 Å². The molecular weight excluding hydrogens is 395 g/mol. The molecule has 0 aliphatic carbocycles. The minimum atomic E-state index is -0.276. The summed E-state index contributed by atoms with van der Waals surface area (Å²) in [6, 6.07) is 26.3. The lowest BCUT2D eigenvalue weighted by molar-refractivity contribution is 0.549. The fourth-order valence-electron chi connectivity index (χ4n) is 3.99. The van der Waals surface area contributed by atoms with Crippen LogP contribution in [-0.2, 0) is 0 Å². The number of aromatic nitrogens is 2. The summed E-state index contributed by atoms with van der Waals surface area (Å²) in [6.07, 6.45) is 3.83. The van der Waals surface area contributed by atoms with Crippen molar-refractivity contribution in [3.63, 3.8) is 0 Å². The van der Waals surface area contributed by atoms with Crippen molar-refractivity contribution < 1.29 is 4.39 Å². The minimum absolute atomic E-state index is 0.152. The first-order valence-corrected chi connectivity index (χ1v) is 10.1. The molecule has 0 saturated carbocycles. The van der Waals surface area contributed by atoms with Crippen LogP contribution in [0.15, 0.2) is 97.3 Å². The van der Waals surface area contributed by atoms with Crippen molar-refractivity contribution in [1.29, 1.82) is 0 Å². The first-order valence-electron chi connectivity index (χ1n) is 9.71. The number of thiocarbonyl (C=S) groups is 1. The lowest BCUT2D eigenvalue weighted by atomic mass is 10.0. The second-order valence-electron chi connectivity index (χ2n) is 7.11. The van der Waals surface area contributed by atoms with Crippen molar-refractivity contribution in [3.05, 3.63) is 115 Å². The Balaban J connectivity index is 1.67. The van der Waals surface area contributed by atoms with Gasteiger partial charge in [0.25, 0.3) is 0 Å². The number of rotatable bonds is 4. The van der Waals surface area contributed by atoms with Gasteiger partial charge in [0.2, 0.25) is 0 Å². The first-order chi connectivity index (χ1) is 14.7. The Labute approximate surface area is 179 Å². The highest BCUT2D eigenvalue weighted by molar-refractivity contribution is 7.80. The van der Waals surface area contributed by atoms with Crippen molar-refractivity contribution in [2.24, 2.45) is 0 Å². The molecule has 1 aliphatic heterocycles. The third-order valence-corrected chi connectivity index (χ3v) is 5.64. The summed E-state index contributed by atoms with van der Waals surface area (Å²) in [7, 11) is 0. The fraction of sp³-hybridized carbons (Fsp3) is 0.0833. The van der Waals surface area contributed by atoms with Gasteiger partial charge >= 0.3 is 0 Å². The van der Waals surface area contributed by atoms with Gasteiger partial charge in [0.15, 0.2) is 5.11 Å². The molecule has 30 heavy (non-hydrogen) atoms. The minimum Gasteiger partial charge on any atom is -0.351 e. The molecule has 4 aromatic rings. The largest absolute Gasteiger partial charge is 0.351 e. The predicted molar refractivity (Wildman–Crippen MR) is 120 cm³/mol. The molecule has 0 amide bonds. The number of hydrogen-bond acceptors (Lipinski definition) is 2. The van der Waals surface area contributed by atoms with Crippen LogP contribution in [0.3, 0.4) is 0 Å². The highest BCUT2D eigenvalue weighted by atomic mass is 32.1. The Kier molecular flexibility index (Phi) is 4.77. The molecule has 148 valence electrons. The quantitative estimate of drug-likeness (QED) is 0.466. The molecule has 1 N–H and O–H groups in total. The molecule has 0 unspecified atom stereocenters. The number of nitrogens with one attached hydrogen (secondary N) is 1. The highest BCUT2D eigenvalue weighted by Crippen LogP contribution is 2.42. The molecule has 6 heteroatoms. The highest BCUT2D eigenvalue weighted by Gasteiger charge is 2.42. The lowest BCUT2D eigenvalue weighted by Gasteiger charge is -2.29. The molecule has 0 bridgehead atoms. The van der Waals surface area contributed by atoms with E-state index >= 15 is 0 Å². The third-order valence-electron chi connectivity index (χ3n) is 5.32. The van der Waals surface area contributed by atoms with Gasteiger partial charge in [0.1, 0.15) is 11.9 Å². The fourth-order valence-corrected chi connectivity index (χ4v) is 4.34. The molecule has 1 saturated heterocycles. The average molecular weight is 415 g/mol. The molecule has 5 rings (SSSR count). The summed E-state index contributed by atoms with van der Waals surface area (Å²) >= 11 is 5.73. The SMILES string of the molecule is Fc1ccc(N2C(=S)N[C@H](c3ccccn3)[C@@H]2c2cccn2-c2ccccc2)cc1. The maximum atomic E-state index is 13.6. The maximum Gasteiger partial charge on any atom is 0.174 e. The van der Waals surface area contributed by atoms with E-state index in [1.807, 2.05) is 53.6 Å². The normalized spacial score (nSPS) is 18.4. The average Bonchev–Trinajstić information content (AvgIpc) is 3.40. The topological polar surface area (TPSA) is 33.1 Å². The zero-order chi connectivity index (χ0) is 20.5. The predicted octanol–water partition coefficient (Wildman–Crippen LogP) is 5.19. The summed E-state index contributed by atoms with van der Waals surface area (Å²) < 4.78 is 15.7. The van der Waals surface area contributed by atoms with Gasteiger partial charge in [-0.2, -0.15) is 0 Å². The molecule has 2 aromatic heterocycles. The van der Waals surface area contributed by atoms with Crippen LogP contribution in [0.25, 0.3) is 5.69 Å². The molecule has 0 radical (unpaired) electrons. The van der Waals surface area contributed by atoms with E-state index in [1.165, 1.54) is 12.1 Å². The summed E-state index contributed by atoms with van der Waals surface area (Å²) in [5, 5.41) is 4.02. The molecule has 2 aromatic carbocycles. The number of benzene rings is 2. The van der Waals surface area contributed by atoms with Crippen molar-refractivity contribution >= 4 is 23.0 Å². The first kappa shape index (κ1) is 18.5. The van der Waals surface area contributed by atoms with Gasteiger partial charge in [-0.25, -0.2) is 4.39 Å². The van der Waals surface area contributed by atoms with Gasteiger partial charge in [0, 0.05) is 29.5 Å². The number of para-hydroxylation sites is 1. The molecule has 1 aliphatic rings. The van der Waals surface area contributed by atoms with Crippen LogP contribution in [-0.4, -0.2) is 14.7 Å². The summed E-state index contributed by atoms with van der Waals surface area (Å²) in [6.45, 7) is 0. The third kappa shape index (κ3) is 3.25. The number of anilines is 1. The van der Waals surface area contributed by atoms with Crippen molar-refractivity contribution in [2.45, 2.75) is 12.1 Å². The van der Waals surface area contributed by atoms with E-state index in [0.29, 0.717) is 5.11 Å². The lowest BCUT2D eigenvalue weighted by Crippen LogP contribution is -2.30. The van der Waals surface area contributed by atoms with E-state index in [-0.39, 0.29) is 17.9 Å². The maximum absolute atomic E-state index is 13.6.